The standard InChI is InChI=1S/C11H14N2O2.ClH/c1-8(12)9-3-2-4-10(7-9)13-5-6-15-11(13)14;/h2-4,7-8H,5-6,12H2,1H3;1H. The van der Waals surface area contributed by atoms with Gasteiger partial charge in [0.2, 0.25) is 0 Å². The second-order valence-corrected chi connectivity index (χ2v) is 3.65. The molecule has 16 heavy (non-hydrogen) atoms. The molecule has 1 saturated heterocycles. The first kappa shape index (κ1) is 12.8. The number of ether oxygens (including phenoxy) is 1. The maximum atomic E-state index is 11.3. The molecule has 5 heteroatoms. The summed E-state index contributed by atoms with van der Waals surface area (Å²) < 4.78 is 4.88. The zero-order valence-corrected chi connectivity index (χ0v) is 9.87. The Hall–Kier alpha value is -1.26. The number of cyclic esters (lactones) is 1. The van der Waals surface area contributed by atoms with E-state index in [1.54, 1.807) is 4.90 Å². The van der Waals surface area contributed by atoms with Gasteiger partial charge in [0.05, 0.1) is 6.54 Å². The molecular weight excluding hydrogens is 228 g/mol. The van der Waals surface area contributed by atoms with E-state index < -0.39 is 0 Å². The number of hydrogen-bond donors (Lipinski definition) is 1. The largest absolute Gasteiger partial charge is 0.447 e. The van der Waals surface area contributed by atoms with Gasteiger partial charge in [-0.1, -0.05) is 12.1 Å². The first-order chi connectivity index (χ1) is 7.18. The summed E-state index contributed by atoms with van der Waals surface area (Å²) in [6.07, 6.45) is -0.281. The summed E-state index contributed by atoms with van der Waals surface area (Å²) >= 11 is 0. The van der Waals surface area contributed by atoms with Crippen molar-refractivity contribution >= 4 is 24.2 Å². The molecule has 1 aliphatic rings. The van der Waals surface area contributed by atoms with Crippen molar-refractivity contribution in [3.8, 4) is 0 Å². The van der Waals surface area contributed by atoms with Crippen molar-refractivity contribution in [2.75, 3.05) is 18.1 Å². The van der Waals surface area contributed by atoms with E-state index in [1.165, 1.54) is 0 Å². The Labute approximate surface area is 101 Å². The summed E-state index contributed by atoms with van der Waals surface area (Å²) in [4.78, 5) is 12.9. The van der Waals surface area contributed by atoms with E-state index >= 15 is 0 Å². The average Bonchev–Trinajstić information content (AvgIpc) is 2.64. The number of carbonyl (C=O) groups is 1. The van der Waals surface area contributed by atoms with Gasteiger partial charge >= 0.3 is 6.09 Å². The zero-order chi connectivity index (χ0) is 10.8. The van der Waals surface area contributed by atoms with Crippen LogP contribution in [0.3, 0.4) is 0 Å². The quantitative estimate of drug-likeness (QED) is 0.864. The third-order valence-corrected chi connectivity index (χ3v) is 2.47. The highest BCUT2D eigenvalue weighted by molar-refractivity contribution is 5.89. The molecule has 0 radical (unpaired) electrons. The van der Waals surface area contributed by atoms with Gasteiger partial charge in [-0.3, -0.25) is 4.90 Å². The summed E-state index contributed by atoms with van der Waals surface area (Å²) in [7, 11) is 0. The van der Waals surface area contributed by atoms with Crippen molar-refractivity contribution < 1.29 is 9.53 Å². The molecule has 1 heterocycles. The van der Waals surface area contributed by atoms with Crippen LogP contribution in [-0.2, 0) is 4.74 Å². The molecule has 88 valence electrons. The van der Waals surface area contributed by atoms with Crippen LogP contribution in [-0.4, -0.2) is 19.2 Å². The number of benzene rings is 1. The van der Waals surface area contributed by atoms with Gasteiger partial charge in [-0.2, -0.15) is 0 Å². The fourth-order valence-corrected chi connectivity index (χ4v) is 1.60. The molecule has 1 fully saturated rings. The molecule has 0 aliphatic carbocycles. The molecule has 1 unspecified atom stereocenters. The minimum absolute atomic E-state index is 0. The highest BCUT2D eigenvalue weighted by Gasteiger charge is 2.23. The molecule has 0 saturated carbocycles. The summed E-state index contributed by atoms with van der Waals surface area (Å²) in [5.41, 5.74) is 7.66. The molecule has 4 nitrogen and oxygen atoms in total. The number of halogens is 1. The van der Waals surface area contributed by atoms with E-state index in [-0.39, 0.29) is 24.5 Å². The number of hydrogen-bond acceptors (Lipinski definition) is 3. The van der Waals surface area contributed by atoms with E-state index in [2.05, 4.69) is 0 Å². The first-order valence-electron chi connectivity index (χ1n) is 4.98. The fourth-order valence-electron chi connectivity index (χ4n) is 1.60. The Morgan fingerprint density at radius 2 is 2.25 bits per heavy atom. The predicted molar refractivity (Wildman–Crippen MR) is 65.0 cm³/mol. The fraction of sp³-hybridized carbons (Fsp3) is 0.364. The van der Waals surface area contributed by atoms with Crippen LogP contribution in [0.15, 0.2) is 24.3 Å². The molecule has 1 aromatic rings. The molecule has 1 aromatic carbocycles. The van der Waals surface area contributed by atoms with Crippen LogP contribution in [0.5, 0.6) is 0 Å². The summed E-state index contributed by atoms with van der Waals surface area (Å²) in [5, 5.41) is 0. The summed E-state index contributed by atoms with van der Waals surface area (Å²) in [5.74, 6) is 0. The van der Waals surface area contributed by atoms with Crippen LogP contribution in [0.4, 0.5) is 10.5 Å². The summed E-state index contributed by atoms with van der Waals surface area (Å²) in [6.45, 7) is 2.99. The van der Waals surface area contributed by atoms with Crippen LogP contribution in [0.1, 0.15) is 18.5 Å². The second-order valence-electron chi connectivity index (χ2n) is 3.65. The highest BCUT2D eigenvalue weighted by Crippen LogP contribution is 2.22. The number of nitrogens with zero attached hydrogens (tertiary/aromatic N) is 1. The minimum Gasteiger partial charge on any atom is -0.447 e. The van der Waals surface area contributed by atoms with Gasteiger partial charge < -0.3 is 10.5 Å². The topological polar surface area (TPSA) is 55.6 Å². The van der Waals surface area contributed by atoms with Crippen molar-refractivity contribution in [2.24, 2.45) is 5.73 Å². The molecule has 2 rings (SSSR count). The van der Waals surface area contributed by atoms with E-state index in [0.29, 0.717) is 13.2 Å². The lowest BCUT2D eigenvalue weighted by molar-refractivity contribution is 0.181. The lowest BCUT2D eigenvalue weighted by Crippen LogP contribution is -2.23. The van der Waals surface area contributed by atoms with Gasteiger partial charge in [-0.25, -0.2) is 4.79 Å². The Balaban J connectivity index is 0.00000128. The Morgan fingerprint density at radius 3 is 2.81 bits per heavy atom. The van der Waals surface area contributed by atoms with Gasteiger partial charge in [-0.05, 0) is 24.6 Å². The number of amides is 1. The smallest absolute Gasteiger partial charge is 0.414 e. The van der Waals surface area contributed by atoms with Crippen molar-refractivity contribution in [2.45, 2.75) is 13.0 Å². The molecule has 2 N–H and O–H groups in total. The number of anilines is 1. The number of carbonyl (C=O) groups excluding carboxylic acids is 1. The van der Waals surface area contributed by atoms with Gasteiger partial charge in [0.25, 0.3) is 0 Å². The Kier molecular flexibility index (Phi) is 4.15. The van der Waals surface area contributed by atoms with E-state index in [9.17, 15) is 4.79 Å². The molecule has 0 spiro atoms. The maximum Gasteiger partial charge on any atom is 0.414 e. The second kappa shape index (κ2) is 5.18. The maximum absolute atomic E-state index is 11.3. The Bertz CT molecular complexity index is 382. The van der Waals surface area contributed by atoms with Gasteiger partial charge in [0.15, 0.2) is 0 Å². The van der Waals surface area contributed by atoms with E-state index in [4.69, 9.17) is 10.5 Å². The van der Waals surface area contributed by atoms with Crippen LogP contribution >= 0.6 is 12.4 Å². The zero-order valence-electron chi connectivity index (χ0n) is 9.05. The van der Waals surface area contributed by atoms with Crippen LogP contribution in [0.2, 0.25) is 0 Å². The van der Waals surface area contributed by atoms with Crippen molar-refractivity contribution in [1.82, 2.24) is 0 Å². The molecule has 1 amide bonds. The summed E-state index contributed by atoms with van der Waals surface area (Å²) in [6, 6.07) is 7.65. The minimum atomic E-state index is -0.281. The van der Waals surface area contributed by atoms with Crippen LogP contribution in [0.25, 0.3) is 0 Å². The monoisotopic (exact) mass is 242 g/mol. The first-order valence-corrected chi connectivity index (χ1v) is 4.98. The van der Waals surface area contributed by atoms with Gasteiger partial charge in [0, 0.05) is 11.7 Å². The lowest BCUT2D eigenvalue weighted by atomic mass is 10.1. The molecule has 1 aliphatic heterocycles. The van der Waals surface area contributed by atoms with Gasteiger partial charge in [0.1, 0.15) is 6.61 Å². The number of nitrogens with two attached hydrogens (primary N) is 1. The van der Waals surface area contributed by atoms with E-state index in [0.717, 1.165) is 11.3 Å². The molecule has 0 aromatic heterocycles. The molecular formula is C11H15ClN2O2. The third-order valence-electron chi connectivity index (χ3n) is 2.47. The van der Waals surface area contributed by atoms with Crippen molar-refractivity contribution in [1.29, 1.82) is 0 Å². The van der Waals surface area contributed by atoms with Crippen LogP contribution in [0, 0.1) is 0 Å². The predicted octanol–water partition coefficient (Wildman–Crippen LogP) is 2.08. The normalized spacial score (nSPS) is 16.6. The Morgan fingerprint density at radius 1 is 1.50 bits per heavy atom. The highest BCUT2D eigenvalue weighted by atomic mass is 35.5. The third kappa shape index (κ3) is 2.46. The lowest BCUT2D eigenvalue weighted by Gasteiger charge is -2.14. The van der Waals surface area contributed by atoms with Crippen molar-refractivity contribution in [3.05, 3.63) is 29.8 Å². The van der Waals surface area contributed by atoms with Crippen LogP contribution < -0.4 is 10.6 Å². The molecule has 1 atom stereocenters. The van der Waals surface area contributed by atoms with Crippen molar-refractivity contribution in [3.63, 3.8) is 0 Å². The average molecular weight is 243 g/mol. The molecule has 0 bridgehead atoms. The van der Waals surface area contributed by atoms with Gasteiger partial charge in [-0.15, -0.1) is 12.4 Å². The van der Waals surface area contributed by atoms with E-state index in [1.807, 2.05) is 31.2 Å². The SMILES string of the molecule is CC(N)c1cccc(N2CCOC2=O)c1.Cl. The number of rotatable bonds is 2.